The van der Waals surface area contributed by atoms with Crippen LogP contribution in [0.15, 0.2) is 47.4 Å². The number of carbonyl (C=O) groups excluding carboxylic acids is 1. The summed E-state index contributed by atoms with van der Waals surface area (Å²) in [4.78, 5) is 12.3. The molecule has 146 valence electrons. The third-order valence-electron chi connectivity index (χ3n) is 4.22. The van der Waals surface area contributed by atoms with Crippen molar-refractivity contribution in [2.45, 2.75) is 45.1 Å². The SMILES string of the molecule is CC[C@H](C)NS(=O)(=O)c1ccc(OCC(=O)Nc2c(C)cccc2C)cc1. The van der Waals surface area contributed by atoms with Crippen LogP contribution in [0.3, 0.4) is 0 Å². The van der Waals surface area contributed by atoms with Crippen molar-refractivity contribution in [1.82, 2.24) is 4.72 Å². The van der Waals surface area contributed by atoms with E-state index in [1.165, 1.54) is 24.3 Å². The van der Waals surface area contributed by atoms with Crippen LogP contribution < -0.4 is 14.8 Å². The number of para-hydroxylation sites is 1. The second kappa shape index (κ2) is 9.01. The lowest BCUT2D eigenvalue weighted by molar-refractivity contribution is -0.118. The minimum absolute atomic E-state index is 0.139. The molecule has 0 aliphatic carbocycles. The van der Waals surface area contributed by atoms with Crippen LogP contribution in [0.25, 0.3) is 0 Å². The largest absolute Gasteiger partial charge is 0.484 e. The number of hydrogen-bond donors (Lipinski definition) is 2. The summed E-state index contributed by atoms with van der Waals surface area (Å²) in [5.74, 6) is 0.150. The molecule has 2 N–H and O–H groups in total. The van der Waals surface area contributed by atoms with E-state index in [1.54, 1.807) is 0 Å². The number of nitrogens with one attached hydrogen (secondary N) is 2. The molecule has 7 heteroatoms. The average Bonchev–Trinajstić information content (AvgIpc) is 2.63. The van der Waals surface area contributed by atoms with Gasteiger partial charge in [-0.15, -0.1) is 0 Å². The van der Waals surface area contributed by atoms with E-state index < -0.39 is 10.0 Å². The fourth-order valence-corrected chi connectivity index (χ4v) is 3.79. The highest BCUT2D eigenvalue weighted by atomic mass is 32.2. The Bertz CT molecular complexity index is 872. The molecule has 0 fully saturated rings. The van der Waals surface area contributed by atoms with Crippen LogP contribution in [0.5, 0.6) is 5.75 Å². The number of carbonyl (C=O) groups is 1. The van der Waals surface area contributed by atoms with Gasteiger partial charge in [-0.2, -0.15) is 0 Å². The van der Waals surface area contributed by atoms with Gasteiger partial charge < -0.3 is 10.1 Å². The molecule has 1 amide bonds. The van der Waals surface area contributed by atoms with E-state index in [0.29, 0.717) is 12.2 Å². The normalized spacial score (nSPS) is 12.4. The number of sulfonamides is 1. The number of benzene rings is 2. The molecule has 2 rings (SSSR count). The van der Waals surface area contributed by atoms with Crippen molar-refractivity contribution in [3.8, 4) is 5.75 Å². The van der Waals surface area contributed by atoms with Crippen LogP contribution in [0, 0.1) is 13.8 Å². The third kappa shape index (κ3) is 5.80. The van der Waals surface area contributed by atoms with Crippen molar-refractivity contribution >= 4 is 21.6 Å². The van der Waals surface area contributed by atoms with Crippen molar-refractivity contribution in [2.75, 3.05) is 11.9 Å². The minimum atomic E-state index is -3.55. The van der Waals surface area contributed by atoms with Gasteiger partial charge in [0.05, 0.1) is 4.90 Å². The quantitative estimate of drug-likeness (QED) is 0.723. The maximum absolute atomic E-state index is 12.2. The van der Waals surface area contributed by atoms with Crippen LogP contribution >= 0.6 is 0 Å². The molecule has 0 heterocycles. The van der Waals surface area contributed by atoms with Crippen LogP contribution in [0.1, 0.15) is 31.4 Å². The highest BCUT2D eigenvalue weighted by Crippen LogP contribution is 2.20. The molecule has 0 bridgehead atoms. The third-order valence-corrected chi connectivity index (χ3v) is 5.82. The Labute approximate surface area is 161 Å². The van der Waals surface area contributed by atoms with E-state index in [9.17, 15) is 13.2 Å². The summed E-state index contributed by atoms with van der Waals surface area (Å²) in [7, 11) is -3.55. The zero-order valence-corrected chi connectivity index (χ0v) is 16.9. The standard InChI is InChI=1S/C20H26N2O4S/c1-5-16(4)22-27(24,25)18-11-9-17(10-12-18)26-13-19(23)21-20-14(2)7-6-8-15(20)3/h6-12,16,22H,5,13H2,1-4H3,(H,21,23)/t16-/m0/s1. The molecule has 27 heavy (non-hydrogen) atoms. The molecular formula is C20H26N2O4S. The first-order valence-electron chi connectivity index (χ1n) is 8.84. The topological polar surface area (TPSA) is 84.5 Å². The van der Waals surface area contributed by atoms with E-state index in [0.717, 1.165) is 16.8 Å². The molecule has 2 aromatic rings. The van der Waals surface area contributed by atoms with Gasteiger partial charge in [-0.25, -0.2) is 13.1 Å². The summed E-state index contributed by atoms with van der Waals surface area (Å²) in [5.41, 5.74) is 2.74. The lowest BCUT2D eigenvalue weighted by atomic mass is 10.1. The van der Waals surface area contributed by atoms with Crippen molar-refractivity contribution in [1.29, 1.82) is 0 Å². The van der Waals surface area contributed by atoms with Gasteiger partial charge in [-0.1, -0.05) is 25.1 Å². The Morgan fingerprint density at radius 3 is 2.22 bits per heavy atom. The maximum atomic E-state index is 12.2. The summed E-state index contributed by atoms with van der Waals surface area (Å²) in [6, 6.07) is 11.6. The Balaban J connectivity index is 1.96. The smallest absolute Gasteiger partial charge is 0.262 e. The molecule has 1 atom stereocenters. The number of ether oxygens (including phenoxy) is 1. The highest BCUT2D eigenvalue weighted by molar-refractivity contribution is 7.89. The summed E-state index contributed by atoms with van der Waals surface area (Å²) in [6.45, 7) is 7.41. The molecule has 0 aromatic heterocycles. The van der Waals surface area contributed by atoms with E-state index in [4.69, 9.17) is 4.74 Å². The second-order valence-corrected chi connectivity index (χ2v) is 8.22. The predicted octanol–water partition coefficient (Wildman–Crippen LogP) is 3.40. The molecule has 2 aromatic carbocycles. The predicted molar refractivity (Wildman–Crippen MR) is 107 cm³/mol. The summed E-state index contributed by atoms with van der Waals surface area (Å²) >= 11 is 0. The van der Waals surface area contributed by atoms with Crippen molar-refractivity contribution in [3.63, 3.8) is 0 Å². The highest BCUT2D eigenvalue weighted by Gasteiger charge is 2.16. The van der Waals surface area contributed by atoms with Crippen molar-refractivity contribution in [3.05, 3.63) is 53.6 Å². The summed E-state index contributed by atoms with van der Waals surface area (Å²) < 4.78 is 32.5. The molecule has 0 radical (unpaired) electrons. The molecule has 0 unspecified atom stereocenters. The van der Waals surface area contributed by atoms with Crippen molar-refractivity contribution in [2.24, 2.45) is 0 Å². The van der Waals surface area contributed by atoms with E-state index in [2.05, 4.69) is 10.0 Å². The van der Waals surface area contributed by atoms with Gasteiger partial charge in [-0.05, 0) is 62.6 Å². The molecule has 0 saturated carbocycles. The Morgan fingerprint density at radius 2 is 1.67 bits per heavy atom. The minimum Gasteiger partial charge on any atom is -0.484 e. The van der Waals surface area contributed by atoms with E-state index >= 15 is 0 Å². The van der Waals surface area contributed by atoms with Crippen LogP contribution in [-0.4, -0.2) is 27.0 Å². The summed E-state index contributed by atoms with van der Waals surface area (Å²) in [5, 5.41) is 2.84. The van der Waals surface area contributed by atoms with Crippen LogP contribution in [0.4, 0.5) is 5.69 Å². The molecule has 0 spiro atoms. The van der Waals surface area contributed by atoms with E-state index in [1.807, 2.05) is 45.9 Å². The maximum Gasteiger partial charge on any atom is 0.262 e. The lowest BCUT2D eigenvalue weighted by Gasteiger charge is -2.13. The van der Waals surface area contributed by atoms with Crippen LogP contribution in [-0.2, 0) is 14.8 Å². The number of aryl methyl sites for hydroxylation is 2. The van der Waals surface area contributed by atoms with Crippen molar-refractivity contribution < 1.29 is 17.9 Å². The van der Waals surface area contributed by atoms with Gasteiger partial charge in [0.1, 0.15) is 5.75 Å². The van der Waals surface area contributed by atoms with Gasteiger partial charge in [0.25, 0.3) is 5.91 Å². The Hall–Kier alpha value is -2.38. The molecule has 0 aliphatic heterocycles. The number of rotatable bonds is 8. The average molecular weight is 391 g/mol. The number of hydrogen-bond acceptors (Lipinski definition) is 4. The zero-order chi connectivity index (χ0) is 20.0. The number of anilines is 1. The van der Waals surface area contributed by atoms with Gasteiger partial charge in [0.2, 0.25) is 10.0 Å². The number of amides is 1. The first kappa shape index (κ1) is 20.9. The second-order valence-electron chi connectivity index (χ2n) is 6.51. The molecule has 6 nitrogen and oxygen atoms in total. The Morgan fingerprint density at radius 1 is 1.07 bits per heavy atom. The van der Waals surface area contributed by atoms with Gasteiger partial charge in [0.15, 0.2) is 6.61 Å². The fraction of sp³-hybridized carbons (Fsp3) is 0.350. The monoisotopic (exact) mass is 390 g/mol. The fourth-order valence-electron chi connectivity index (χ4n) is 2.47. The van der Waals surface area contributed by atoms with Gasteiger partial charge in [0, 0.05) is 11.7 Å². The lowest BCUT2D eigenvalue weighted by Crippen LogP contribution is -2.31. The first-order valence-corrected chi connectivity index (χ1v) is 10.3. The van der Waals surface area contributed by atoms with E-state index in [-0.39, 0.29) is 23.5 Å². The summed E-state index contributed by atoms with van der Waals surface area (Å²) in [6.07, 6.45) is 0.704. The zero-order valence-electron chi connectivity index (χ0n) is 16.1. The van der Waals surface area contributed by atoms with Crippen LogP contribution in [0.2, 0.25) is 0 Å². The molecule has 0 saturated heterocycles. The Kier molecular flexibility index (Phi) is 6.98. The molecular weight excluding hydrogens is 364 g/mol. The van der Waals surface area contributed by atoms with Gasteiger partial charge >= 0.3 is 0 Å². The van der Waals surface area contributed by atoms with Gasteiger partial charge in [-0.3, -0.25) is 4.79 Å². The first-order chi connectivity index (χ1) is 12.7. The molecule has 0 aliphatic rings.